The molecule has 0 saturated heterocycles. The fraction of sp³-hybridized carbons (Fsp3) is 0.308. The third kappa shape index (κ3) is 3.00. The molecular formula is C13H16N2O2. The lowest BCUT2D eigenvalue weighted by Crippen LogP contribution is -2.07. The van der Waals surface area contributed by atoms with Crippen molar-refractivity contribution in [1.82, 2.24) is 9.55 Å². The molecule has 0 aliphatic rings. The Morgan fingerprint density at radius 3 is 2.88 bits per heavy atom. The largest absolute Gasteiger partial charge is 0.493 e. The van der Waals surface area contributed by atoms with Crippen molar-refractivity contribution in [2.75, 3.05) is 13.7 Å². The third-order valence-electron chi connectivity index (χ3n) is 2.49. The molecule has 0 fully saturated rings. The average Bonchev–Trinajstić information content (AvgIpc) is 2.84. The van der Waals surface area contributed by atoms with Gasteiger partial charge in [-0.25, -0.2) is 4.98 Å². The van der Waals surface area contributed by atoms with Crippen molar-refractivity contribution in [3.63, 3.8) is 0 Å². The maximum atomic E-state index is 5.68. The molecule has 0 atom stereocenters. The van der Waals surface area contributed by atoms with Crippen molar-refractivity contribution in [2.24, 2.45) is 0 Å². The smallest absolute Gasteiger partial charge is 0.161 e. The standard InChI is InChI=1S/C13H16N2O2/c1-11-3-4-12(13(9-11)16-2)17-8-7-15-6-5-14-10-15/h3-6,9-10H,7-8H2,1-2H3. The summed E-state index contributed by atoms with van der Waals surface area (Å²) in [6, 6.07) is 5.91. The Bertz CT molecular complexity index is 466. The molecular weight excluding hydrogens is 216 g/mol. The van der Waals surface area contributed by atoms with E-state index < -0.39 is 0 Å². The van der Waals surface area contributed by atoms with Crippen LogP contribution in [0.5, 0.6) is 11.5 Å². The molecule has 1 aromatic heterocycles. The normalized spacial score (nSPS) is 10.2. The molecule has 17 heavy (non-hydrogen) atoms. The summed E-state index contributed by atoms with van der Waals surface area (Å²) in [5, 5.41) is 0. The van der Waals surface area contributed by atoms with Gasteiger partial charge in [-0.1, -0.05) is 6.07 Å². The van der Waals surface area contributed by atoms with Gasteiger partial charge in [0.25, 0.3) is 0 Å². The fourth-order valence-electron chi connectivity index (χ4n) is 1.57. The first kappa shape index (κ1) is 11.5. The van der Waals surface area contributed by atoms with Gasteiger partial charge in [-0.05, 0) is 24.6 Å². The predicted molar refractivity (Wildman–Crippen MR) is 65.5 cm³/mol. The van der Waals surface area contributed by atoms with E-state index in [0.717, 1.165) is 23.6 Å². The van der Waals surface area contributed by atoms with Crippen LogP contribution in [0.15, 0.2) is 36.9 Å². The highest BCUT2D eigenvalue weighted by Crippen LogP contribution is 2.27. The van der Waals surface area contributed by atoms with Gasteiger partial charge in [0.1, 0.15) is 6.61 Å². The quantitative estimate of drug-likeness (QED) is 0.793. The zero-order valence-electron chi connectivity index (χ0n) is 10.1. The van der Waals surface area contributed by atoms with Crippen molar-refractivity contribution >= 4 is 0 Å². The fourth-order valence-corrected chi connectivity index (χ4v) is 1.57. The van der Waals surface area contributed by atoms with Crippen molar-refractivity contribution in [2.45, 2.75) is 13.5 Å². The molecule has 2 aromatic rings. The van der Waals surface area contributed by atoms with E-state index in [1.54, 1.807) is 19.6 Å². The molecule has 90 valence electrons. The number of ether oxygens (including phenoxy) is 2. The van der Waals surface area contributed by atoms with Crippen LogP contribution in [0.3, 0.4) is 0 Å². The Labute approximate surface area is 101 Å². The summed E-state index contributed by atoms with van der Waals surface area (Å²) in [6.45, 7) is 3.39. The number of rotatable bonds is 5. The van der Waals surface area contributed by atoms with Gasteiger partial charge >= 0.3 is 0 Å². The van der Waals surface area contributed by atoms with E-state index in [0.29, 0.717) is 6.61 Å². The number of aromatic nitrogens is 2. The lowest BCUT2D eigenvalue weighted by atomic mass is 10.2. The Kier molecular flexibility index (Phi) is 3.65. The second kappa shape index (κ2) is 5.39. The molecule has 0 aliphatic heterocycles. The lowest BCUT2D eigenvalue weighted by molar-refractivity contribution is 0.279. The topological polar surface area (TPSA) is 36.3 Å². The van der Waals surface area contributed by atoms with Crippen molar-refractivity contribution in [3.05, 3.63) is 42.5 Å². The summed E-state index contributed by atoms with van der Waals surface area (Å²) in [5.74, 6) is 1.55. The lowest BCUT2D eigenvalue weighted by Gasteiger charge is -2.11. The SMILES string of the molecule is COc1cc(C)ccc1OCCn1ccnc1. The van der Waals surface area contributed by atoms with E-state index in [4.69, 9.17) is 9.47 Å². The summed E-state index contributed by atoms with van der Waals surface area (Å²) >= 11 is 0. The van der Waals surface area contributed by atoms with Gasteiger partial charge in [-0.2, -0.15) is 0 Å². The summed E-state index contributed by atoms with van der Waals surface area (Å²) in [7, 11) is 1.65. The van der Waals surface area contributed by atoms with E-state index >= 15 is 0 Å². The molecule has 0 N–H and O–H groups in total. The van der Waals surface area contributed by atoms with Gasteiger partial charge in [-0.3, -0.25) is 0 Å². The molecule has 1 heterocycles. The second-order valence-electron chi connectivity index (χ2n) is 3.80. The van der Waals surface area contributed by atoms with Crippen LogP contribution in [0.1, 0.15) is 5.56 Å². The van der Waals surface area contributed by atoms with Crippen LogP contribution in [0, 0.1) is 6.92 Å². The van der Waals surface area contributed by atoms with Gasteiger partial charge in [0, 0.05) is 12.4 Å². The highest BCUT2D eigenvalue weighted by molar-refractivity contribution is 5.42. The van der Waals surface area contributed by atoms with Crippen LogP contribution >= 0.6 is 0 Å². The summed E-state index contributed by atoms with van der Waals surface area (Å²) in [4.78, 5) is 3.98. The average molecular weight is 232 g/mol. The molecule has 0 spiro atoms. The second-order valence-corrected chi connectivity index (χ2v) is 3.80. The van der Waals surface area contributed by atoms with E-state index in [2.05, 4.69) is 4.98 Å². The zero-order valence-corrected chi connectivity index (χ0v) is 10.1. The Balaban J connectivity index is 1.94. The molecule has 0 aliphatic carbocycles. The molecule has 4 nitrogen and oxygen atoms in total. The van der Waals surface area contributed by atoms with Gasteiger partial charge in [-0.15, -0.1) is 0 Å². The van der Waals surface area contributed by atoms with Crippen LogP contribution in [0.2, 0.25) is 0 Å². The highest BCUT2D eigenvalue weighted by atomic mass is 16.5. The van der Waals surface area contributed by atoms with E-state index in [1.165, 1.54) is 0 Å². The molecule has 0 amide bonds. The summed E-state index contributed by atoms with van der Waals surface area (Å²) < 4.78 is 12.9. The minimum Gasteiger partial charge on any atom is -0.493 e. The predicted octanol–water partition coefficient (Wildman–Crippen LogP) is 2.28. The molecule has 1 aromatic carbocycles. The molecule has 0 bridgehead atoms. The van der Waals surface area contributed by atoms with E-state index in [1.807, 2.05) is 35.9 Å². The maximum Gasteiger partial charge on any atom is 0.161 e. The first-order valence-corrected chi connectivity index (χ1v) is 5.53. The van der Waals surface area contributed by atoms with Crippen molar-refractivity contribution < 1.29 is 9.47 Å². The van der Waals surface area contributed by atoms with Crippen LogP contribution in [-0.2, 0) is 6.54 Å². The number of hydrogen-bond donors (Lipinski definition) is 0. The number of hydrogen-bond acceptors (Lipinski definition) is 3. The maximum absolute atomic E-state index is 5.68. The zero-order chi connectivity index (χ0) is 12.1. The van der Waals surface area contributed by atoms with Gasteiger partial charge < -0.3 is 14.0 Å². The number of nitrogens with zero attached hydrogens (tertiary/aromatic N) is 2. The van der Waals surface area contributed by atoms with Crippen molar-refractivity contribution in [1.29, 1.82) is 0 Å². The van der Waals surface area contributed by atoms with Gasteiger partial charge in [0.2, 0.25) is 0 Å². The molecule has 4 heteroatoms. The molecule has 2 rings (SSSR count). The summed E-state index contributed by atoms with van der Waals surface area (Å²) in [5.41, 5.74) is 1.16. The number of methoxy groups -OCH3 is 1. The Morgan fingerprint density at radius 2 is 2.18 bits per heavy atom. The van der Waals surface area contributed by atoms with Crippen LogP contribution in [-0.4, -0.2) is 23.3 Å². The summed E-state index contributed by atoms with van der Waals surface area (Å²) in [6.07, 6.45) is 5.44. The Hall–Kier alpha value is -1.97. The van der Waals surface area contributed by atoms with Crippen LogP contribution in [0.4, 0.5) is 0 Å². The van der Waals surface area contributed by atoms with Crippen LogP contribution in [0.25, 0.3) is 0 Å². The van der Waals surface area contributed by atoms with Gasteiger partial charge in [0.15, 0.2) is 11.5 Å². The van der Waals surface area contributed by atoms with Crippen molar-refractivity contribution in [3.8, 4) is 11.5 Å². The number of imidazole rings is 1. The highest BCUT2D eigenvalue weighted by Gasteiger charge is 2.03. The minimum absolute atomic E-state index is 0.593. The third-order valence-corrected chi connectivity index (χ3v) is 2.49. The monoisotopic (exact) mass is 232 g/mol. The first-order valence-electron chi connectivity index (χ1n) is 5.53. The van der Waals surface area contributed by atoms with E-state index in [-0.39, 0.29) is 0 Å². The molecule has 0 radical (unpaired) electrons. The van der Waals surface area contributed by atoms with Crippen LogP contribution < -0.4 is 9.47 Å². The first-order chi connectivity index (χ1) is 8.29. The number of aryl methyl sites for hydroxylation is 1. The Morgan fingerprint density at radius 1 is 1.29 bits per heavy atom. The molecule has 0 saturated carbocycles. The number of benzene rings is 1. The van der Waals surface area contributed by atoms with Gasteiger partial charge in [0.05, 0.1) is 20.0 Å². The molecule has 0 unspecified atom stereocenters. The van der Waals surface area contributed by atoms with E-state index in [9.17, 15) is 0 Å². The minimum atomic E-state index is 0.593.